The number of ether oxygens (including phenoxy) is 2. The van der Waals surface area contributed by atoms with E-state index in [9.17, 15) is 88.2 Å². The second-order valence-electron chi connectivity index (χ2n) is 20.0. The van der Waals surface area contributed by atoms with Crippen LogP contribution in [0.4, 0.5) is 0 Å². The molecule has 0 radical (unpaired) electrons. The van der Waals surface area contributed by atoms with Gasteiger partial charge in [0.1, 0.15) is 60.3 Å². The van der Waals surface area contributed by atoms with Crippen molar-refractivity contribution in [2.24, 2.45) is 17.2 Å². The zero-order valence-electron chi connectivity index (χ0n) is 48.1. The third kappa shape index (κ3) is 25.9. The number of aliphatic hydroxyl groups excluding tert-OH is 4. The summed E-state index contributed by atoms with van der Waals surface area (Å²) in [5.74, 6) is -17.5. The first-order chi connectivity index (χ1) is 40.7. The van der Waals surface area contributed by atoms with Gasteiger partial charge < -0.3 is 105 Å². The largest absolute Gasteiger partial charge is 0.494 e. The number of rotatable bonds is 26. The predicted molar refractivity (Wildman–Crippen MR) is 303 cm³/mol. The van der Waals surface area contributed by atoms with Gasteiger partial charge >= 0.3 is 17.9 Å². The van der Waals surface area contributed by atoms with E-state index in [2.05, 4.69) is 44.1 Å². The SMILES string of the molecule is C/C=C1/NC(=O)[C@H]([C@H](C)O)NC(=O)[C@H](CCN)NC(=O)[C@H](CCCCN)NC(=O)[C@H](CC(=O)O)NC(=O)[C@@H](CCN)NC(=O)[C@@H](NC(=O)CC(O)Cc2cccc(OCCCCCC)c2)COC(=O)[C@H]([C@H](O)CCl)NC(=O)[C@H](C(O)C(=O)O)NC1=O. The minimum atomic E-state index is -2.85. The van der Waals surface area contributed by atoms with Crippen LogP contribution in [-0.4, -0.2) is 213 Å². The van der Waals surface area contributed by atoms with Crippen molar-refractivity contribution in [1.82, 2.24) is 47.9 Å². The van der Waals surface area contributed by atoms with Crippen molar-refractivity contribution >= 4 is 82.7 Å². The number of aliphatic carboxylic acids is 2. The van der Waals surface area contributed by atoms with Crippen molar-refractivity contribution in [1.29, 1.82) is 0 Å². The van der Waals surface area contributed by atoms with Crippen LogP contribution in [0.25, 0.3) is 0 Å². The number of carbonyl (C=O) groups excluding carboxylic acids is 10. The number of alkyl halides is 1. The molecule has 86 heavy (non-hydrogen) atoms. The Kier molecular flexibility index (Phi) is 33.9. The molecule has 21 N–H and O–H groups in total. The minimum Gasteiger partial charge on any atom is -0.494 e. The third-order valence-electron chi connectivity index (χ3n) is 13.0. The van der Waals surface area contributed by atoms with Gasteiger partial charge in [-0.05, 0) is 96.1 Å². The van der Waals surface area contributed by atoms with Gasteiger partial charge in [0.05, 0.1) is 43.6 Å². The smallest absolute Gasteiger partial charge is 0.335 e. The Morgan fingerprint density at radius 3 is 1.85 bits per heavy atom. The maximum atomic E-state index is 14.3. The first-order valence-electron chi connectivity index (χ1n) is 27.9. The highest BCUT2D eigenvalue weighted by Gasteiger charge is 2.41. The van der Waals surface area contributed by atoms with Crippen molar-refractivity contribution in [2.75, 3.05) is 38.7 Å². The van der Waals surface area contributed by atoms with Gasteiger partial charge in [0.25, 0.3) is 5.91 Å². The number of nitrogens with two attached hydrogens (primary N) is 3. The van der Waals surface area contributed by atoms with Gasteiger partial charge in [0.15, 0.2) is 12.1 Å². The molecule has 1 heterocycles. The number of hydrogen-bond donors (Lipinski definition) is 18. The Labute approximate surface area is 500 Å². The summed E-state index contributed by atoms with van der Waals surface area (Å²) >= 11 is 5.87. The molecule has 1 aliphatic heterocycles. The van der Waals surface area contributed by atoms with E-state index in [-0.39, 0.29) is 51.7 Å². The number of amides is 9. The second kappa shape index (κ2) is 39.2. The highest BCUT2D eigenvalue weighted by atomic mass is 35.5. The first kappa shape index (κ1) is 74.5. The molecule has 2 rings (SSSR count). The summed E-state index contributed by atoms with van der Waals surface area (Å²) in [6.07, 6.45) is -6.02. The van der Waals surface area contributed by atoms with E-state index in [1.165, 1.54) is 0 Å². The van der Waals surface area contributed by atoms with Gasteiger partial charge in [-0.15, -0.1) is 11.6 Å². The van der Waals surface area contributed by atoms with Gasteiger partial charge in [0.2, 0.25) is 47.3 Å². The zero-order valence-corrected chi connectivity index (χ0v) is 48.8. The van der Waals surface area contributed by atoms with Crippen LogP contribution in [-0.2, 0) is 68.7 Å². The molecule has 1 aliphatic rings. The number of nitrogens with one attached hydrogen (secondary N) is 9. The Morgan fingerprint density at radius 2 is 1.29 bits per heavy atom. The molecule has 482 valence electrons. The number of hydrogen-bond acceptors (Lipinski definition) is 21. The summed E-state index contributed by atoms with van der Waals surface area (Å²) in [7, 11) is 0. The molecule has 0 spiro atoms. The van der Waals surface area contributed by atoms with E-state index in [1.807, 2.05) is 10.6 Å². The number of carboxylic acid groups (broad SMARTS) is 2. The molecule has 0 bridgehead atoms. The number of benzene rings is 1. The number of carbonyl (C=O) groups is 12. The summed E-state index contributed by atoms with van der Waals surface area (Å²) in [6, 6.07) is -9.32. The quantitative estimate of drug-likeness (QED) is 0.0178. The molecule has 1 aromatic carbocycles. The van der Waals surface area contributed by atoms with Crippen molar-refractivity contribution in [3.05, 3.63) is 41.6 Å². The number of halogens is 1. The lowest BCUT2D eigenvalue weighted by Crippen LogP contribution is -2.62. The Balaban J connectivity index is 2.80. The van der Waals surface area contributed by atoms with Crippen LogP contribution in [0.1, 0.15) is 97.0 Å². The molecule has 1 fully saturated rings. The zero-order chi connectivity index (χ0) is 64.6. The van der Waals surface area contributed by atoms with Crippen molar-refractivity contribution in [3.63, 3.8) is 0 Å². The molecule has 33 heteroatoms. The monoisotopic (exact) mass is 1240 g/mol. The van der Waals surface area contributed by atoms with E-state index in [0.717, 1.165) is 45.6 Å². The molecule has 12 atom stereocenters. The van der Waals surface area contributed by atoms with Crippen LogP contribution in [0.2, 0.25) is 0 Å². The van der Waals surface area contributed by atoms with Gasteiger partial charge in [-0.1, -0.05) is 44.4 Å². The fraction of sp³-hybridized carbons (Fsp3) is 0.623. The highest BCUT2D eigenvalue weighted by Crippen LogP contribution is 2.17. The van der Waals surface area contributed by atoms with Crippen LogP contribution in [0.15, 0.2) is 36.0 Å². The van der Waals surface area contributed by atoms with Gasteiger partial charge in [-0.25, -0.2) is 9.59 Å². The molecular formula is C53H83ClN12O20. The van der Waals surface area contributed by atoms with E-state index in [1.54, 1.807) is 24.3 Å². The first-order valence-corrected chi connectivity index (χ1v) is 28.4. The van der Waals surface area contributed by atoms with Crippen molar-refractivity contribution in [2.45, 2.75) is 171 Å². The molecule has 32 nitrogen and oxygen atoms in total. The Morgan fingerprint density at radius 1 is 0.709 bits per heavy atom. The summed E-state index contributed by atoms with van der Waals surface area (Å²) in [4.78, 5) is 163. The number of unbranched alkanes of at least 4 members (excludes halogenated alkanes) is 4. The van der Waals surface area contributed by atoms with Crippen LogP contribution >= 0.6 is 11.6 Å². The average Bonchev–Trinajstić information content (AvgIpc) is 3.52. The molecule has 1 saturated heterocycles. The summed E-state index contributed by atoms with van der Waals surface area (Å²) in [5, 5.41) is 82.5. The summed E-state index contributed by atoms with van der Waals surface area (Å²) in [6.45, 7) is 2.90. The van der Waals surface area contributed by atoms with Gasteiger partial charge in [-0.2, -0.15) is 0 Å². The third-order valence-corrected chi connectivity index (χ3v) is 13.3. The summed E-state index contributed by atoms with van der Waals surface area (Å²) < 4.78 is 11.1. The van der Waals surface area contributed by atoms with E-state index in [0.29, 0.717) is 17.9 Å². The number of carboxylic acids is 2. The van der Waals surface area contributed by atoms with Gasteiger partial charge in [-0.3, -0.25) is 47.9 Å². The van der Waals surface area contributed by atoms with Crippen LogP contribution in [0, 0.1) is 0 Å². The Bertz CT molecular complexity index is 2510. The number of esters is 1. The van der Waals surface area contributed by atoms with E-state index in [4.69, 9.17) is 38.3 Å². The van der Waals surface area contributed by atoms with Crippen molar-refractivity contribution < 1.29 is 97.6 Å². The molecule has 0 aromatic heterocycles. The van der Waals surface area contributed by atoms with E-state index < -0.39 is 181 Å². The lowest BCUT2D eigenvalue weighted by molar-refractivity contribution is -0.155. The minimum absolute atomic E-state index is 0.114. The molecule has 2 unspecified atom stereocenters. The standard InChI is InChI=1S/C53H83ClN12O20/c1-4-6-7-10-20-85-30-13-11-12-28(22-30)21-29(68)23-38(70)58-36-26-86-53(84)41(37(69)25-54)65-51(81)42(43(73)52(82)83)66-44(74)31(5-2)59-50(80)40(27(3)67)64-47(77)34(16-19-57)61-45(75)32(14-8-9-17-55)60-48(78)35(24-39(71)72)63-46(76)33(15-18-56)62-49(36)79/h5,11-13,22,27,29,32-37,40-43,67-69,73H,4,6-10,14-21,23-26,55-57H2,1-3H3,(H,58,70)(H,59,80)(H,60,78)(H,61,75)(H,62,79)(H,63,76)(H,64,77)(H,65,81)(H,66,74)(H,71,72)(H,82,83)/b31-5+/t27-,29?,32-,33+,34-,35-,36-,37+,40-,41-,42-,43?/m0/s1. The average molecular weight is 1240 g/mol. The molecule has 0 saturated carbocycles. The fourth-order valence-electron chi connectivity index (χ4n) is 8.26. The summed E-state index contributed by atoms with van der Waals surface area (Å²) in [5.41, 5.74) is 17.0. The molecule has 0 aliphatic carbocycles. The van der Waals surface area contributed by atoms with Crippen molar-refractivity contribution in [3.8, 4) is 5.75 Å². The molecular weight excluding hydrogens is 1160 g/mol. The normalized spacial score (nSPS) is 24.0. The maximum absolute atomic E-state index is 14.3. The van der Waals surface area contributed by atoms with Gasteiger partial charge in [0, 0.05) is 0 Å². The maximum Gasteiger partial charge on any atom is 0.335 e. The van der Waals surface area contributed by atoms with E-state index >= 15 is 0 Å². The van der Waals surface area contributed by atoms with Crippen LogP contribution < -0.4 is 69.8 Å². The molecule has 1 aromatic rings. The predicted octanol–water partition coefficient (Wildman–Crippen LogP) is -5.88. The topological polar surface area (TPSA) is 531 Å². The fourth-order valence-corrected chi connectivity index (χ4v) is 8.44. The number of aliphatic hydroxyl groups is 4. The Hall–Kier alpha value is -7.59. The number of allylic oxidation sites excluding steroid dienone is 1. The highest BCUT2D eigenvalue weighted by molar-refractivity contribution is 6.18. The van der Waals surface area contributed by atoms with Crippen LogP contribution in [0.5, 0.6) is 5.75 Å². The second-order valence-corrected chi connectivity index (χ2v) is 20.3. The molecule has 9 amide bonds. The lowest BCUT2D eigenvalue weighted by Gasteiger charge is -2.28. The van der Waals surface area contributed by atoms with Crippen LogP contribution in [0.3, 0.4) is 0 Å². The lowest BCUT2D eigenvalue weighted by atomic mass is 10.0. The number of cyclic esters (lactones) is 1.